The molecule has 1 fully saturated rings. The fourth-order valence-corrected chi connectivity index (χ4v) is 4.22. The van der Waals surface area contributed by atoms with Gasteiger partial charge in [-0.15, -0.1) is 0 Å². The Morgan fingerprint density at radius 2 is 1.86 bits per heavy atom. The largest absolute Gasteiger partial charge is 0.378 e. The SMILES string of the molecule is CCN1C(=S)N[C@H](c2ccccn2)[C@H]1c1cccn1-c1ccc(N(C)C)cc1. The third-order valence-corrected chi connectivity index (χ3v) is 5.62. The highest BCUT2D eigenvalue weighted by Gasteiger charge is 2.40. The summed E-state index contributed by atoms with van der Waals surface area (Å²) in [5, 5.41) is 4.26. The van der Waals surface area contributed by atoms with Crippen molar-refractivity contribution in [3.63, 3.8) is 0 Å². The van der Waals surface area contributed by atoms with Crippen LogP contribution in [0.2, 0.25) is 0 Å². The summed E-state index contributed by atoms with van der Waals surface area (Å²) in [7, 11) is 4.11. The molecule has 0 radical (unpaired) electrons. The highest BCUT2D eigenvalue weighted by atomic mass is 32.1. The van der Waals surface area contributed by atoms with Crippen LogP contribution in [-0.4, -0.2) is 40.2 Å². The summed E-state index contributed by atoms with van der Waals surface area (Å²) >= 11 is 5.65. The molecule has 4 rings (SSSR count). The van der Waals surface area contributed by atoms with Gasteiger partial charge in [0.1, 0.15) is 0 Å². The fourth-order valence-electron chi connectivity index (χ4n) is 3.85. The molecule has 3 aromatic rings. The molecule has 1 aliphatic heterocycles. The van der Waals surface area contributed by atoms with Gasteiger partial charge >= 0.3 is 0 Å². The van der Waals surface area contributed by atoms with Crippen LogP contribution < -0.4 is 10.2 Å². The van der Waals surface area contributed by atoms with Gasteiger partial charge in [0.2, 0.25) is 0 Å². The van der Waals surface area contributed by atoms with E-state index in [1.165, 1.54) is 11.4 Å². The third-order valence-electron chi connectivity index (χ3n) is 5.27. The first-order valence-electron chi connectivity index (χ1n) is 9.53. The topological polar surface area (TPSA) is 36.3 Å². The maximum atomic E-state index is 5.65. The lowest BCUT2D eigenvalue weighted by molar-refractivity contribution is 0.321. The number of benzene rings is 1. The van der Waals surface area contributed by atoms with Crippen molar-refractivity contribution >= 4 is 23.0 Å². The molecule has 2 atom stereocenters. The van der Waals surface area contributed by atoms with Crippen LogP contribution >= 0.6 is 12.2 Å². The minimum absolute atomic E-state index is 0.0170. The van der Waals surface area contributed by atoms with Crippen molar-refractivity contribution < 1.29 is 0 Å². The molecule has 144 valence electrons. The number of nitrogens with zero attached hydrogens (tertiary/aromatic N) is 4. The molecule has 0 aliphatic carbocycles. The van der Waals surface area contributed by atoms with Gasteiger partial charge in [-0.1, -0.05) is 6.07 Å². The number of likely N-dealkylation sites (N-methyl/N-ethyl adjacent to an activating group) is 1. The van der Waals surface area contributed by atoms with Crippen molar-refractivity contribution in [3.05, 3.63) is 78.4 Å². The molecule has 6 heteroatoms. The number of pyridine rings is 1. The Morgan fingerprint density at radius 3 is 2.50 bits per heavy atom. The molecule has 0 spiro atoms. The summed E-state index contributed by atoms with van der Waals surface area (Å²) in [6.07, 6.45) is 3.95. The van der Waals surface area contributed by atoms with E-state index in [0.717, 1.165) is 23.0 Å². The summed E-state index contributed by atoms with van der Waals surface area (Å²) in [5.74, 6) is 0. The quantitative estimate of drug-likeness (QED) is 0.667. The first-order valence-corrected chi connectivity index (χ1v) is 9.94. The fraction of sp³-hybridized carbons (Fsp3) is 0.273. The maximum absolute atomic E-state index is 5.65. The lowest BCUT2D eigenvalue weighted by Crippen LogP contribution is -2.30. The second kappa shape index (κ2) is 7.64. The Morgan fingerprint density at radius 1 is 1.07 bits per heavy atom. The van der Waals surface area contributed by atoms with Crippen molar-refractivity contribution in [2.45, 2.75) is 19.0 Å². The lowest BCUT2D eigenvalue weighted by atomic mass is 10.0. The van der Waals surface area contributed by atoms with Crippen LogP contribution in [-0.2, 0) is 0 Å². The second-order valence-corrected chi connectivity index (χ2v) is 7.51. The van der Waals surface area contributed by atoms with Gasteiger partial charge in [0.25, 0.3) is 0 Å². The predicted octanol–water partition coefficient (Wildman–Crippen LogP) is 3.93. The van der Waals surface area contributed by atoms with E-state index in [2.05, 4.69) is 94.3 Å². The second-order valence-electron chi connectivity index (χ2n) is 7.13. The van der Waals surface area contributed by atoms with Crippen LogP contribution in [0.25, 0.3) is 5.69 Å². The van der Waals surface area contributed by atoms with Crippen molar-refractivity contribution in [2.75, 3.05) is 25.5 Å². The summed E-state index contributed by atoms with van der Waals surface area (Å²) in [6, 6.07) is 19.0. The van der Waals surface area contributed by atoms with Gasteiger partial charge in [-0.25, -0.2) is 0 Å². The average Bonchev–Trinajstić information content (AvgIpc) is 3.32. The molecular formula is C22H25N5S. The Labute approximate surface area is 171 Å². The van der Waals surface area contributed by atoms with E-state index in [1.54, 1.807) is 0 Å². The molecule has 1 aliphatic rings. The molecule has 2 aromatic heterocycles. The molecule has 3 heterocycles. The zero-order valence-corrected chi connectivity index (χ0v) is 17.2. The van der Waals surface area contributed by atoms with Crippen LogP contribution in [0.15, 0.2) is 67.0 Å². The third kappa shape index (κ3) is 3.24. The first-order chi connectivity index (χ1) is 13.6. The van der Waals surface area contributed by atoms with Gasteiger partial charge in [-0.3, -0.25) is 4.98 Å². The van der Waals surface area contributed by atoms with Crippen molar-refractivity contribution in [1.29, 1.82) is 0 Å². The lowest BCUT2D eigenvalue weighted by Gasteiger charge is -2.28. The summed E-state index contributed by atoms with van der Waals surface area (Å²) in [6.45, 7) is 2.98. The Hall–Kier alpha value is -2.86. The van der Waals surface area contributed by atoms with Crippen molar-refractivity contribution in [1.82, 2.24) is 19.8 Å². The molecule has 5 nitrogen and oxygen atoms in total. The number of rotatable bonds is 5. The van der Waals surface area contributed by atoms with E-state index in [4.69, 9.17) is 12.2 Å². The highest BCUT2D eigenvalue weighted by molar-refractivity contribution is 7.80. The molecular weight excluding hydrogens is 366 g/mol. The van der Waals surface area contributed by atoms with Crippen LogP contribution in [0.3, 0.4) is 0 Å². The first kappa shape index (κ1) is 18.5. The minimum atomic E-state index is 0.0170. The molecule has 0 saturated carbocycles. The van der Waals surface area contributed by atoms with Crippen LogP contribution in [0.5, 0.6) is 0 Å². The van der Waals surface area contributed by atoms with E-state index in [1.807, 2.05) is 18.3 Å². The molecule has 28 heavy (non-hydrogen) atoms. The van der Waals surface area contributed by atoms with E-state index in [9.17, 15) is 0 Å². The van der Waals surface area contributed by atoms with Gasteiger partial charge in [-0.2, -0.15) is 0 Å². The average molecular weight is 392 g/mol. The Bertz CT molecular complexity index is 949. The minimum Gasteiger partial charge on any atom is -0.378 e. The van der Waals surface area contributed by atoms with Gasteiger partial charge < -0.3 is 19.7 Å². The molecule has 0 amide bonds. The molecule has 0 bridgehead atoms. The number of anilines is 1. The van der Waals surface area contributed by atoms with E-state index < -0.39 is 0 Å². The monoisotopic (exact) mass is 391 g/mol. The summed E-state index contributed by atoms with van der Waals surface area (Å²) in [4.78, 5) is 8.95. The zero-order chi connectivity index (χ0) is 19.7. The number of hydrogen-bond acceptors (Lipinski definition) is 3. The van der Waals surface area contributed by atoms with Crippen LogP contribution in [0, 0.1) is 0 Å². The van der Waals surface area contributed by atoms with Gasteiger partial charge in [-0.05, 0) is 67.7 Å². The standard InChI is InChI=1S/C22H25N5S/c1-4-26-21(20(24-22(26)28)18-8-5-6-14-23-18)19-9-7-15-27(19)17-12-10-16(11-13-17)25(2)3/h5-15,20-21H,4H2,1-3H3,(H,24,28)/t20-,21-/m1/s1. The van der Waals surface area contributed by atoms with Crippen molar-refractivity contribution in [3.8, 4) is 5.69 Å². The molecule has 1 saturated heterocycles. The number of thiocarbonyl (C=S) groups is 1. The number of nitrogens with one attached hydrogen (secondary N) is 1. The number of aromatic nitrogens is 2. The van der Waals surface area contributed by atoms with Gasteiger partial charge in [0.05, 0.1) is 17.8 Å². The predicted molar refractivity (Wildman–Crippen MR) is 118 cm³/mol. The van der Waals surface area contributed by atoms with Crippen LogP contribution in [0.4, 0.5) is 5.69 Å². The smallest absolute Gasteiger partial charge is 0.170 e. The Balaban J connectivity index is 1.76. The van der Waals surface area contributed by atoms with E-state index in [0.29, 0.717) is 0 Å². The van der Waals surface area contributed by atoms with Crippen molar-refractivity contribution in [2.24, 2.45) is 0 Å². The summed E-state index contributed by atoms with van der Waals surface area (Å²) in [5.41, 5.74) is 4.52. The zero-order valence-electron chi connectivity index (χ0n) is 16.4. The normalized spacial score (nSPS) is 19.0. The van der Waals surface area contributed by atoms with E-state index in [-0.39, 0.29) is 12.1 Å². The molecule has 0 unspecified atom stereocenters. The molecule has 1 aromatic carbocycles. The van der Waals surface area contributed by atoms with E-state index >= 15 is 0 Å². The van der Waals surface area contributed by atoms with Gasteiger partial charge in [0, 0.05) is 50.1 Å². The molecule has 1 N–H and O–H groups in total. The van der Waals surface area contributed by atoms with Crippen LogP contribution in [0.1, 0.15) is 30.4 Å². The summed E-state index contributed by atoms with van der Waals surface area (Å²) < 4.78 is 2.25. The Kier molecular flexibility index (Phi) is 5.05. The highest BCUT2D eigenvalue weighted by Crippen LogP contribution is 2.39. The van der Waals surface area contributed by atoms with Gasteiger partial charge in [0.15, 0.2) is 5.11 Å². The number of hydrogen-bond donors (Lipinski definition) is 1. The maximum Gasteiger partial charge on any atom is 0.170 e.